The molecule has 3 aromatic rings. The van der Waals surface area contributed by atoms with Crippen LogP contribution in [0.4, 0.5) is 11.4 Å². The molecule has 0 saturated heterocycles. The number of pyridine rings is 1. The molecular weight excluding hydrogens is 296 g/mol. The monoisotopic (exact) mass is 316 g/mol. The predicted molar refractivity (Wildman–Crippen MR) is 97.7 cm³/mol. The zero-order valence-electron chi connectivity index (χ0n) is 14.2. The van der Waals surface area contributed by atoms with Gasteiger partial charge in [0.05, 0.1) is 23.1 Å². The van der Waals surface area contributed by atoms with Gasteiger partial charge in [0.1, 0.15) is 0 Å². The van der Waals surface area contributed by atoms with Gasteiger partial charge < -0.3 is 0 Å². The number of aromatic nitrogens is 1. The topological polar surface area (TPSA) is 33.2 Å². The molecule has 120 valence electrons. The molecule has 0 bridgehead atoms. The van der Waals surface area contributed by atoms with Gasteiger partial charge in [0, 0.05) is 17.2 Å². The molecule has 1 aromatic heterocycles. The van der Waals surface area contributed by atoms with Crippen molar-refractivity contribution in [1.29, 1.82) is 0 Å². The first-order valence-electron chi connectivity index (χ1n) is 8.25. The van der Waals surface area contributed by atoms with E-state index >= 15 is 0 Å². The van der Waals surface area contributed by atoms with Gasteiger partial charge in [-0.25, -0.2) is 0 Å². The fraction of sp³-hybridized carbons (Fsp3) is 0.238. The third kappa shape index (κ3) is 2.20. The molecule has 24 heavy (non-hydrogen) atoms. The number of fused-ring (bicyclic) bond motifs is 2. The zero-order valence-corrected chi connectivity index (χ0v) is 14.2. The fourth-order valence-electron chi connectivity index (χ4n) is 3.86. The van der Waals surface area contributed by atoms with Gasteiger partial charge in [0.25, 0.3) is 0 Å². The van der Waals surface area contributed by atoms with Crippen LogP contribution in [0, 0.1) is 6.92 Å². The average molecular weight is 316 g/mol. The van der Waals surface area contributed by atoms with Gasteiger partial charge in [-0.3, -0.25) is 14.7 Å². The number of para-hydroxylation sites is 1. The van der Waals surface area contributed by atoms with E-state index < -0.39 is 0 Å². The molecule has 0 spiro atoms. The fourth-order valence-corrected chi connectivity index (χ4v) is 3.86. The van der Waals surface area contributed by atoms with Crippen LogP contribution in [0.2, 0.25) is 0 Å². The summed E-state index contributed by atoms with van der Waals surface area (Å²) in [6.45, 7) is 6.41. The lowest BCUT2D eigenvalue weighted by Crippen LogP contribution is -2.39. The van der Waals surface area contributed by atoms with Gasteiger partial charge in [-0.05, 0) is 36.2 Å². The molecule has 0 N–H and O–H groups in total. The highest BCUT2D eigenvalue weighted by molar-refractivity contribution is 6.05. The van der Waals surface area contributed by atoms with Crippen molar-refractivity contribution < 1.29 is 4.79 Å². The van der Waals surface area contributed by atoms with Crippen LogP contribution in [0.5, 0.6) is 0 Å². The Morgan fingerprint density at radius 3 is 2.71 bits per heavy atom. The van der Waals surface area contributed by atoms with Crippen LogP contribution in [0.1, 0.15) is 31.4 Å². The summed E-state index contributed by atoms with van der Waals surface area (Å²) in [4.78, 5) is 19.3. The van der Waals surface area contributed by atoms with E-state index in [2.05, 4.69) is 31.8 Å². The normalized spacial score (nSPS) is 16.3. The van der Waals surface area contributed by atoms with E-state index in [1.807, 2.05) is 47.4 Å². The molecule has 0 saturated carbocycles. The Morgan fingerprint density at radius 2 is 1.88 bits per heavy atom. The molecule has 0 atom stereocenters. The van der Waals surface area contributed by atoms with Crippen molar-refractivity contribution >= 4 is 28.2 Å². The molecule has 3 heteroatoms. The van der Waals surface area contributed by atoms with E-state index in [4.69, 9.17) is 0 Å². The first-order chi connectivity index (χ1) is 11.5. The molecule has 2 aromatic carbocycles. The van der Waals surface area contributed by atoms with E-state index in [9.17, 15) is 4.79 Å². The lowest BCUT2D eigenvalue weighted by atomic mass is 9.75. The number of carbonyl (C=O) groups is 1. The SMILES string of the molecule is Cc1cccc2c1C(C)(C)CC(=O)N2c1cnc2ccccc2c1. The molecule has 2 heterocycles. The van der Waals surface area contributed by atoms with Crippen molar-refractivity contribution in [2.45, 2.75) is 32.6 Å². The standard InChI is InChI=1S/C21H20N2O/c1-14-7-6-10-18-20(14)21(2,3)12-19(24)23(18)16-11-15-8-4-5-9-17(15)22-13-16/h4-11,13H,12H2,1-3H3. The Bertz CT molecular complexity index is 959. The second-order valence-electron chi connectivity index (χ2n) is 7.15. The van der Waals surface area contributed by atoms with Gasteiger partial charge >= 0.3 is 0 Å². The first kappa shape index (κ1) is 14.9. The van der Waals surface area contributed by atoms with Crippen LogP contribution in [0.15, 0.2) is 54.7 Å². The number of hydrogen-bond acceptors (Lipinski definition) is 2. The van der Waals surface area contributed by atoms with Gasteiger partial charge in [0.15, 0.2) is 0 Å². The van der Waals surface area contributed by atoms with Gasteiger partial charge in [-0.15, -0.1) is 0 Å². The minimum Gasteiger partial charge on any atom is -0.279 e. The van der Waals surface area contributed by atoms with Crippen LogP contribution >= 0.6 is 0 Å². The first-order valence-corrected chi connectivity index (χ1v) is 8.25. The van der Waals surface area contributed by atoms with Crippen molar-refractivity contribution in [1.82, 2.24) is 4.98 Å². The summed E-state index contributed by atoms with van der Waals surface area (Å²) in [5, 5.41) is 1.04. The third-order valence-electron chi connectivity index (χ3n) is 4.85. The highest BCUT2D eigenvalue weighted by Crippen LogP contribution is 2.45. The number of hydrogen-bond donors (Lipinski definition) is 0. The van der Waals surface area contributed by atoms with Crippen molar-refractivity contribution in [3.63, 3.8) is 0 Å². The molecule has 0 radical (unpaired) electrons. The van der Waals surface area contributed by atoms with E-state index in [1.54, 1.807) is 6.20 Å². The average Bonchev–Trinajstić information content (AvgIpc) is 2.53. The minimum absolute atomic E-state index is 0.121. The van der Waals surface area contributed by atoms with Crippen LogP contribution in [-0.4, -0.2) is 10.9 Å². The van der Waals surface area contributed by atoms with Crippen molar-refractivity contribution in [2.24, 2.45) is 0 Å². The predicted octanol–water partition coefficient (Wildman–Crippen LogP) is 4.89. The Kier molecular flexibility index (Phi) is 3.20. The van der Waals surface area contributed by atoms with E-state index in [0.29, 0.717) is 6.42 Å². The number of anilines is 2. The number of rotatable bonds is 1. The Labute approximate surface area is 141 Å². The highest BCUT2D eigenvalue weighted by Gasteiger charge is 2.38. The number of benzene rings is 2. The molecular formula is C21H20N2O. The van der Waals surface area contributed by atoms with Crippen molar-refractivity contribution in [3.8, 4) is 0 Å². The summed E-state index contributed by atoms with van der Waals surface area (Å²) in [6, 6.07) is 16.2. The molecule has 1 aliphatic rings. The largest absolute Gasteiger partial charge is 0.279 e. The molecule has 3 nitrogen and oxygen atoms in total. The van der Waals surface area contributed by atoms with Crippen molar-refractivity contribution in [2.75, 3.05) is 4.90 Å². The number of carbonyl (C=O) groups excluding carboxylic acids is 1. The quantitative estimate of drug-likeness (QED) is 0.640. The van der Waals surface area contributed by atoms with Crippen LogP contribution in [-0.2, 0) is 10.2 Å². The maximum absolute atomic E-state index is 12.9. The summed E-state index contributed by atoms with van der Waals surface area (Å²) in [6.07, 6.45) is 2.29. The van der Waals surface area contributed by atoms with Crippen molar-refractivity contribution in [3.05, 3.63) is 65.9 Å². The Hall–Kier alpha value is -2.68. The zero-order chi connectivity index (χ0) is 16.9. The summed E-state index contributed by atoms with van der Waals surface area (Å²) < 4.78 is 0. The highest BCUT2D eigenvalue weighted by atomic mass is 16.2. The Balaban J connectivity index is 1.94. The number of aryl methyl sites for hydroxylation is 1. The van der Waals surface area contributed by atoms with E-state index in [-0.39, 0.29) is 11.3 Å². The summed E-state index contributed by atoms with van der Waals surface area (Å²) >= 11 is 0. The minimum atomic E-state index is -0.154. The van der Waals surface area contributed by atoms with Crippen LogP contribution < -0.4 is 4.90 Å². The molecule has 0 unspecified atom stereocenters. The second-order valence-corrected chi connectivity index (χ2v) is 7.15. The molecule has 0 fully saturated rings. The maximum atomic E-state index is 12.9. The smallest absolute Gasteiger partial charge is 0.232 e. The molecule has 0 aliphatic carbocycles. The van der Waals surface area contributed by atoms with E-state index in [0.717, 1.165) is 22.3 Å². The second kappa shape index (κ2) is 5.17. The Morgan fingerprint density at radius 1 is 1.08 bits per heavy atom. The van der Waals surface area contributed by atoms with Gasteiger partial charge in [-0.1, -0.05) is 44.2 Å². The maximum Gasteiger partial charge on any atom is 0.232 e. The molecule has 4 rings (SSSR count). The number of nitrogens with zero attached hydrogens (tertiary/aromatic N) is 2. The summed E-state index contributed by atoms with van der Waals surface area (Å²) in [5.41, 5.74) is 5.07. The third-order valence-corrected chi connectivity index (χ3v) is 4.85. The summed E-state index contributed by atoms with van der Waals surface area (Å²) in [7, 11) is 0. The van der Waals surface area contributed by atoms with Gasteiger partial charge in [-0.2, -0.15) is 0 Å². The lowest BCUT2D eigenvalue weighted by molar-refractivity contribution is -0.119. The van der Waals surface area contributed by atoms with E-state index in [1.165, 1.54) is 11.1 Å². The lowest BCUT2D eigenvalue weighted by Gasteiger charge is -2.39. The number of amides is 1. The molecule has 1 amide bonds. The van der Waals surface area contributed by atoms with Gasteiger partial charge in [0.2, 0.25) is 5.91 Å². The van der Waals surface area contributed by atoms with Crippen LogP contribution in [0.25, 0.3) is 10.9 Å². The summed E-state index contributed by atoms with van der Waals surface area (Å²) in [5.74, 6) is 0.121. The molecule has 1 aliphatic heterocycles. The van der Waals surface area contributed by atoms with Crippen LogP contribution in [0.3, 0.4) is 0 Å².